The predicted molar refractivity (Wildman–Crippen MR) is 157 cm³/mol. The van der Waals surface area contributed by atoms with Gasteiger partial charge in [-0.15, -0.1) is 0 Å². The van der Waals surface area contributed by atoms with Crippen LogP contribution in [0.3, 0.4) is 0 Å². The predicted octanol–water partition coefficient (Wildman–Crippen LogP) is 5.04. The molecule has 224 valence electrons. The van der Waals surface area contributed by atoms with Crippen molar-refractivity contribution in [3.05, 3.63) is 36.2 Å². The van der Waals surface area contributed by atoms with Crippen molar-refractivity contribution in [3.8, 4) is 5.82 Å². The lowest BCUT2D eigenvalue weighted by Gasteiger charge is -2.39. The molecule has 11 heteroatoms. The molecule has 1 saturated carbocycles. The number of hydrogen-bond acceptors (Lipinski definition) is 8. The van der Waals surface area contributed by atoms with Crippen LogP contribution in [0.5, 0.6) is 0 Å². The maximum atomic E-state index is 14.1. The average Bonchev–Trinajstić information content (AvgIpc) is 3.36. The SMILES string of the molecule is CCCN(CC(C)(C)O)[C@H]1CC[C@H](CNc2nc(N3CCOCC3)cc(-n3c(C(F)F)nc4ccccc43)n2)CC1. The van der Waals surface area contributed by atoms with E-state index in [1.807, 2.05) is 19.9 Å². The first-order valence-corrected chi connectivity index (χ1v) is 14.9. The van der Waals surface area contributed by atoms with Crippen molar-refractivity contribution in [3.63, 3.8) is 0 Å². The van der Waals surface area contributed by atoms with Gasteiger partial charge in [0.25, 0.3) is 6.43 Å². The maximum Gasteiger partial charge on any atom is 0.296 e. The Morgan fingerprint density at radius 1 is 1.07 bits per heavy atom. The number of nitrogens with one attached hydrogen (secondary N) is 1. The number of halogens is 2. The van der Waals surface area contributed by atoms with Crippen LogP contribution in [0.25, 0.3) is 16.9 Å². The molecule has 1 aliphatic carbocycles. The third kappa shape index (κ3) is 7.31. The highest BCUT2D eigenvalue weighted by molar-refractivity contribution is 5.78. The van der Waals surface area contributed by atoms with E-state index in [9.17, 15) is 13.9 Å². The molecule has 2 aliphatic rings. The van der Waals surface area contributed by atoms with Crippen LogP contribution in [0, 0.1) is 5.92 Å². The van der Waals surface area contributed by atoms with Gasteiger partial charge >= 0.3 is 0 Å². The van der Waals surface area contributed by atoms with Gasteiger partial charge in [0.2, 0.25) is 5.95 Å². The number of nitrogens with zero attached hydrogens (tertiary/aromatic N) is 6. The van der Waals surface area contributed by atoms with E-state index in [0.717, 1.165) is 38.6 Å². The number of fused-ring (bicyclic) bond motifs is 1. The van der Waals surface area contributed by atoms with Gasteiger partial charge in [-0.1, -0.05) is 19.1 Å². The van der Waals surface area contributed by atoms with Crippen molar-refractivity contribution in [2.24, 2.45) is 5.92 Å². The first-order chi connectivity index (χ1) is 19.7. The third-order valence-corrected chi connectivity index (χ3v) is 8.03. The topological polar surface area (TPSA) is 91.6 Å². The Morgan fingerprint density at radius 3 is 2.46 bits per heavy atom. The molecule has 0 amide bonds. The van der Waals surface area contributed by atoms with E-state index < -0.39 is 12.0 Å². The number of alkyl halides is 2. The van der Waals surface area contributed by atoms with E-state index in [2.05, 4.69) is 27.0 Å². The number of imidazole rings is 1. The number of rotatable bonds is 11. The van der Waals surface area contributed by atoms with Gasteiger partial charge in [-0.05, 0) is 70.5 Å². The Labute approximate surface area is 240 Å². The minimum absolute atomic E-state index is 0.329. The van der Waals surface area contributed by atoms with Crippen molar-refractivity contribution in [2.75, 3.05) is 56.2 Å². The Bertz CT molecular complexity index is 1280. The van der Waals surface area contributed by atoms with E-state index in [1.165, 1.54) is 4.57 Å². The molecule has 41 heavy (non-hydrogen) atoms. The van der Waals surface area contributed by atoms with Crippen LogP contribution in [-0.4, -0.2) is 87.1 Å². The Morgan fingerprint density at radius 2 is 1.78 bits per heavy atom. The number of morpholine rings is 1. The summed E-state index contributed by atoms with van der Waals surface area (Å²) in [5, 5.41) is 13.8. The summed E-state index contributed by atoms with van der Waals surface area (Å²) in [5.74, 6) is 1.62. The number of benzene rings is 1. The smallest absolute Gasteiger partial charge is 0.296 e. The molecule has 9 nitrogen and oxygen atoms in total. The number of para-hydroxylation sites is 2. The molecular weight excluding hydrogens is 528 g/mol. The minimum Gasteiger partial charge on any atom is -0.389 e. The number of anilines is 2. The quantitative estimate of drug-likeness (QED) is 0.331. The van der Waals surface area contributed by atoms with Crippen LogP contribution in [-0.2, 0) is 4.74 Å². The number of hydrogen-bond donors (Lipinski definition) is 2. The van der Waals surface area contributed by atoms with Gasteiger partial charge in [-0.2, -0.15) is 9.97 Å². The van der Waals surface area contributed by atoms with Gasteiger partial charge in [0.05, 0.1) is 29.8 Å². The highest BCUT2D eigenvalue weighted by Crippen LogP contribution is 2.31. The molecule has 2 aromatic heterocycles. The molecule has 1 aromatic carbocycles. The molecule has 1 aliphatic heterocycles. The molecule has 3 aromatic rings. The van der Waals surface area contributed by atoms with E-state index in [1.54, 1.807) is 24.3 Å². The second-order valence-electron chi connectivity index (χ2n) is 11.9. The molecular formula is C30H43F2N7O2. The van der Waals surface area contributed by atoms with Crippen LogP contribution in [0.2, 0.25) is 0 Å². The zero-order valence-electron chi connectivity index (χ0n) is 24.4. The fourth-order valence-corrected chi connectivity index (χ4v) is 6.13. The fraction of sp³-hybridized carbons (Fsp3) is 0.633. The fourth-order valence-electron chi connectivity index (χ4n) is 6.13. The van der Waals surface area contributed by atoms with E-state index in [-0.39, 0.29) is 5.82 Å². The van der Waals surface area contributed by atoms with Crippen LogP contribution < -0.4 is 10.2 Å². The Kier molecular flexibility index (Phi) is 9.35. The van der Waals surface area contributed by atoms with Crippen molar-refractivity contribution in [1.82, 2.24) is 24.4 Å². The largest absolute Gasteiger partial charge is 0.389 e. The summed E-state index contributed by atoms with van der Waals surface area (Å²) in [7, 11) is 0. The number of ether oxygens (including phenoxy) is 1. The lowest BCUT2D eigenvalue weighted by atomic mass is 9.84. The van der Waals surface area contributed by atoms with Crippen LogP contribution in [0.15, 0.2) is 30.3 Å². The maximum absolute atomic E-state index is 14.1. The summed E-state index contributed by atoms with van der Waals surface area (Å²) in [5.41, 5.74) is 0.377. The monoisotopic (exact) mass is 571 g/mol. The van der Waals surface area contributed by atoms with Gasteiger partial charge in [0, 0.05) is 38.3 Å². The van der Waals surface area contributed by atoms with Crippen molar-refractivity contribution < 1.29 is 18.6 Å². The second-order valence-corrected chi connectivity index (χ2v) is 11.9. The zero-order chi connectivity index (χ0) is 29.0. The highest BCUT2D eigenvalue weighted by Gasteiger charge is 2.29. The summed E-state index contributed by atoms with van der Waals surface area (Å²) < 4.78 is 35.3. The van der Waals surface area contributed by atoms with Crippen molar-refractivity contribution >= 4 is 22.8 Å². The van der Waals surface area contributed by atoms with Crippen LogP contribution >= 0.6 is 0 Å². The molecule has 0 bridgehead atoms. The Balaban J connectivity index is 1.35. The lowest BCUT2D eigenvalue weighted by molar-refractivity contribution is 0.0111. The van der Waals surface area contributed by atoms with Crippen LogP contribution in [0.4, 0.5) is 20.5 Å². The average molecular weight is 572 g/mol. The minimum atomic E-state index is -2.75. The van der Waals surface area contributed by atoms with Gasteiger partial charge in [-0.25, -0.2) is 13.8 Å². The van der Waals surface area contributed by atoms with Crippen LogP contribution in [0.1, 0.15) is 65.1 Å². The summed E-state index contributed by atoms with van der Waals surface area (Å²) in [6.45, 7) is 10.8. The van der Waals surface area contributed by atoms with Gasteiger partial charge in [0.15, 0.2) is 5.82 Å². The summed E-state index contributed by atoms with van der Waals surface area (Å²) in [6, 6.07) is 9.39. The standard InChI is InChI=1S/C30H43F2N7O2/c1-4-13-38(20-30(2,3)40)22-11-9-21(10-12-22)19-33-29-35-25(37-14-16-41-17-15-37)18-26(36-29)39-24-8-6-5-7-23(24)34-28(39)27(31)32/h5-8,18,21-22,27,40H,4,9-17,19-20H2,1-3H3,(H,33,35,36)/t21-,22-. The molecule has 0 radical (unpaired) electrons. The molecule has 2 N–H and O–H groups in total. The van der Waals surface area contributed by atoms with E-state index >= 15 is 0 Å². The molecule has 0 atom stereocenters. The van der Waals surface area contributed by atoms with E-state index in [4.69, 9.17) is 14.7 Å². The zero-order valence-corrected chi connectivity index (χ0v) is 24.4. The molecule has 5 rings (SSSR count). The third-order valence-electron chi connectivity index (χ3n) is 8.03. The second kappa shape index (κ2) is 13.0. The molecule has 2 fully saturated rings. The first-order valence-electron chi connectivity index (χ1n) is 14.9. The normalized spacial score (nSPS) is 20.3. The molecule has 0 spiro atoms. The summed E-state index contributed by atoms with van der Waals surface area (Å²) >= 11 is 0. The Hall–Kier alpha value is -2.89. The summed E-state index contributed by atoms with van der Waals surface area (Å²) in [4.78, 5) is 18.3. The van der Waals surface area contributed by atoms with Crippen molar-refractivity contribution in [2.45, 2.75) is 70.9 Å². The van der Waals surface area contributed by atoms with Gasteiger partial charge < -0.3 is 20.1 Å². The highest BCUT2D eigenvalue weighted by atomic mass is 19.3. The molecule has 1 saturated heterocycles. The summed E-state index contributed by atoms with van der Waals surface area (Å²) in [6.07, 6.45) is 2.63. The lowest BCUT2D eigenvalue weighted by Crippen LogP contribution is -2.46. The number of aliphatic hydroxyl groups is 1. The van der Waals surface area contributed by atoms with Gasteiger partial charge in [-0.3, -0.25) is 9.47 Å². The van der Waals surface area contributed by atoms with Crippen molar-refractivity contribution in [1.29, 1.82) is 0 Å². The number of aromatic nitrogens is 4. The molecule has 3 heterocycles. The first kappa shape index (κ1) is 29.6. The molecule has 0 unspecified atom stereocenters. The van der Waals surface area contributed by atoms with E-state index in [0.29, 0.717) is 80.0 Å². The van der Waals surface area contributed by atoms with Gasteiger partial charge in [0.1, 0.15) is 11.6 Å².